The molecule has 2 aliphatic heterocycles. The van der Waals surface area contributed by atoms with Gasteiger partial charge in [0.25, 0.3) is 11.8 Å². The summed E-state index contributed by atoms with van der Waals surface area (Å²) in [6, 6.07) is -3.15. The van der Waals surface area contributed by atoms with Crippen molar-refractivity contribution in [2.24, 2.45) is 0 Å². The van der Waals surface area contributed by atoms with Crippen molar-refractivity contribution in [2.75, 3.05) is 22.1 Å². The van der Waals surface area contributed by atoms with Crippen LogP contribution in [0.15, 0.2) is 0 Å². The van der Waals surface area contributed by atoms with Crippen molar-refractivity contribution < 1.29 is 34.2 Å². The lowest BCUT2D eigenvalue weighted by Crippen LogP contribution is -2.37. The Balaban J connectivity index is 1.61. The van der Waals surface area contributed by atoms with Gasteiger partial charge in [-0.15, -0.1) is 0 Å². The molecule has 2 aromatic carbocycles. The Bertz CT molecular complexity index is 1530. The van der Waals surface area contributed by atoms with Crippen LogP contribution < -0.4 is 32.7 Å². The maximum absolute atomic E-state index is 13.3. The van der Waals surface area contributed by atoms with Crippen LogP contribution in [0.3, 0.4) is 0 Å². The Kier molecular flexibility index (Phi) is 11.5. The highest BCUT2D eigenvalue weighted by atomic mass is 127. The number of nitrogen functional groups attached to an aromatic ring is 2. The van der Waals surface area contributed by atoms with Crippen LogP contribution in [0, 0.1) is 21.4 Å². The standard InChI is InChI=1S/C23H20I6N8O7/c1-3-19(40)36(3)22(43)34-17(38)5-7(24)13(30)11(28)15(9(5)26)32-21(42)33-16-10(27)6(8(25)14(31)12(16)29)18(39)35-23(44)37-4(2)20(37)41/h3-4,19-20,40-41H,30-31H2,1-2H3,(H2,32,33,42)(H,34,38,43)(H,35,39,44). The summed E-state index contributed by atoms with van der Waals surface area (Å²) in [5.41, 5.74) is 13.4. The quantitative estimate of drug-likeness (QED) is 0.126. The molecule has 15 nitrogen and oxygen atoms in total. The highest BCUT2D eigenvalue weighted by Crippen LogP contribution is 2.39. The molecule has 4 unspecified atom stereocenters. The number of nitrogens with two attached hydrogens (primary N) is 2. The van der Waals surface area contributed by atoms with Gasteiger partial charge in [0.1, 0.15) is 0 Å². The van der Waals surface area contributed by atoms with Crippen LogP contribution in [0.5, 0.6) is 0 Å². The molecule has 0 radical (unpaired) electrons. The maximum Gasteiger partial charge on any atom is 0.326 e. The fourth-order valence-electron chi connectivity index (χ4n) is 3.97. The Morgan fingerprint density at radius 2 is 0.909 bits per heavy atom. The van der Waals surface area contributed by atoms with Gasteiger partial charge in [0.15, 0.2) is 12.5 Å². The van der Waals surface area contributed by atoms with E-state index in [9.17, 15) is 34.2 Å². The number of hydrogen-bond donors (Lipinski definition) is 8. The molecular weight excluding hydrogens is 1260 g/mol. The number of urea groups is 3. The molecule has 0 spiro atoms. The van der Waals surface area contributed by atoms with Crippen LogP contribution in [0.4, 0.5) is 37.1 Å². The molecule has 8 amide bonds. The number of rotatable bonds is 4. The number of carbonyl (C=O) groups is 5. The molecule has 2 aliphatic rings. The monoisotopic (exact) mass is 1280 g/mol. The SMILES string of the molecule is CC1C(O)N1C(=O)NC(=O)c1c(I)c(N)c(I)c(NC(=O)Nc2c(I)c(N)c(I)c(C(=O)NC(=O)N3C(C)C3O)c2I)c1I. The van der Waals surface area contributed by atoms with Gasteiger partial charge in [0.2, 0.25) is 0 Å². The van der Waals surface area contributed by atoms with E-state index in [0.717, 1.165) is 9.80 Å². The normalized spacial score (nSPS) is 20.1. The highest BCUT2D eigenvalue weighted by Gasteiger charge is 2.48. The Hall–Kier alpha value is -0.510. The number of aliphatic hydroxyl groups is 2. The Labute approximate surface area is 331 Å². The van der Waals surface area contributed by atoms with Crippen LogP contribution >= 0.6 is 136 Å². The molecule has 2 saturated heterocycles. The van der Waals surface area contributed by atoms with E-state index in [0.29, 0.717) is 21.4 Å². The summed E-state index contributed by atoms with van der Waals surface area (Å²) in [5, 5.41) is 29.3. The van der Waals surface area contributed by atoms with Gasteiger partial charge in [-0.2, -0.15) is 0 Å². The number of hydrogen-bond acceptors (Lipinski definition) is 9. The van der Waals surface area contributed by atoms with E-state index in [2.05, 4.69) is 21.3 Å². The lowest BCUT2D eigenvalue weighted by Gasteiger charge is -2.20. The smallest absolute Gasteiger partial charge is 0.326 e. The van der Waals surface area contributed by atoms with Crippen LogP contribution in [-0.2, 0) is 0 Å². The van der Waals surface area contributed by atoms with Crippen molar-refractivity contribution in [2.45, 2.75) is 38.4 Å². The summed E-state index contributed by atoms with van der Waals surface area (Å²) < 4.78 is 2.17. The van der Waals surface area contributed by atoms with E-state index in [1.807, 2.05) is 136 Å². The van der Waals surface area contributed by atoms with Crippen molar-refractivity contribution in [3.8, 4) is 0 Å². The van der Waals surface area contributed by atoms with Gasteiger partial charge < -0.3 is 32.3 Å². The van der Waals surface area contributed by atoms with E-state index < -0.39 is 54.4 Å². The summed E-state index contributed by atoms with van der Waals surface area (Å²) >= 11 is 11.3. The molecule has 21 heteroatoms. The molecule has 10 N–H and O–H groups in total. The average molecular weight is 1280 g/mol. The number of amides is 8. The number of anilines is 4. The third kappa shape index (κ3) is 6.87. The zero-order valence-corrected chi connectivity index (χ0v) is 35.0. The fraction of sp³-hybridized carbons (Fsp3) is 0.261. The first-order chi connectivity index (χ1) is 20.4. The number of nitrogens with zero attached hydrogens (tertiary/aromatic N) is 2. The maximum atomic E-state index is 13.3. The zero-order valence-electron chi connectivity index (χ0n) is 22.1. The largest absolute Gasteiger partial charge is 0.397 e. The van der Waals surface area contributed by atoms with Crippen LogP contribution in [0.1, 0.15) is 34.6 Å². The lowest BCUT2D eigenvalue weighted by atomic mass is 10.1. The minimum Gasteiger partial charge on any atom is -0.397 e. The molecule has 4 atom stereocenters. The van der Waals surface area contributed by atoms with Gasteiger partial charge in [0.05, 0.1) is 67.4 Å². The summed E-state index contributed by atoms with van der Waals surface area (Å²) in [5.74, 6) is -1.54. The van der Waals surface area contributed by atoms with Crippen molar-refractivity contribution in [1.82, 2.24) is 20.4 Å². The number of benzene rings is 2. The van der Waals surface area contributed by atoms with E-state index in [4.69, 9.17) is 11.5 Å². The van der Waals surface area contributed by atoms with Crippen LogP contribution in [0.25, 0.3) is 0 Å². The Morgan fingerprint density at radius 3 is 1.18 bits per heavy atom. The summed E-state index contributed by atoms with van der Waals surface area (Å²) in [4.78, 5) is 66.6. The highest BCUT2D eigenvalue weighted by molar-refractivity contribution is 14.1. The van der Waals surface area contributed by atoms with E-state index >= 15 is 0 Å². The molecule has 2 fully saturated rings. The van der Waals surface area contributed by atoms with Crippen molar-refractivity contribution in [1.29, 1.82) is 0 Å². The number of imide groups is 2. The van der Waals surface area contributed by atoms with E-state index in [1.165, 1.54) is 0 Å². The summed E-state index contributed by atoms with van der Waals surface area (Å²) in [7, 11) is 0. The predicted octanol–water partition coefficient (Wildman–Crippen LogP) is 3.87. The molecule has 0 saturated carbocycles. The molecule has 0 aromatic heterocycles. The first kappa shape index (κ1) is 36.3. The molecule has 236 valence electrons. The first-order valence-corrected chi connectivity index (χ1v) is 18.5. The number of nitrogens with one attached hydrogen (secondary N) is 4. The van der Waals surface area contributed by atoms with Crippen molar-refractivity contribution in [3.05, 3.63) is 32.5 Å². The molecule has 4 rings (SSSR count). The molecule has 0 aliphatic carbocycles. The second kappa shape index (κ2) is 13.9. The van der Waals surface area contributed by atoms with Crippen LogP contribution in [-0.4, -0.2) is 74.5 Å². The van der Waals surface area contributed by atoms with E-state index in [-0.39, 0.29) is 33.9 Å². The first-order valence-electron chi connectivity index (χ1n) is 12.0. The number of aliphatic hydroxyl groups excluding tert-OH is 2. The zero-order chi connectivity index (χ0) is 33.1. The van der Waals surface area contributed by atoms with Crippen LogP contribution in [0.2, 0.25) is 0 Å². The van der Waals surface area contributed by atoms with Gasteiger partial charge in [0, 0.05) is 0 Å². The van der Waals surface area contributed by atoms with Gasteiger partial charge in [-0.3, -0.25) is 30.0 Å². The molecular formula is C23H20I6N8O7. The minimum atomic E-state index is -0.982. The fourth-order valence-corrected chi connectivity index (χ4v) is 11.8. The van der Waals surface area contributed by atoms with Crippen molar-refractivity contribution >= 4 is 188 Å². The van der Waals surface area contributed by atoms with Gasteiger partial charge in [-0.05, 0) is 149 Å². The second-order valence-electron chi connectivity index (χ2n) is 9.43. The van der Waals surface area contributed by atoms with Gasteiger partial charge >= 0.3 is 18.1 Å². The third-order valence-corrected chi connectivity index (χ3v) is 13.3. The Morgan fingerprint density at radius 1 is 0.614 bits per heavy atom. The molecule has 2 aromatic rings. The molecule has 0 bridgehead atoms. The van der Waals surface area contributed by atoms with E-state index in [1.54, 1.807) is 13.8 Å². The minimum absolute atomic E-state index is 0.0499. The topological polar surface area (TPSA) is 232 Å². The van der Waals surface area contributed by atoms with Crippen molar-refractivity contribution in [3.63, 3.8) is 0 Å². The predicted molar refractivity (Wildman–Crippen MR) is 211 cm³/mol. The number of halogens is 6. The summed E-state index contributed by atoms with van der Waals surface area (Å²) in [6.45, 7) is 3.25. The molecule has 2 heterocycles. The summed E-state index contributed by atoms with van der Waals surface area (Å²) in [6.07, 6.45) is -1.96. The van der Waals surface area contributed by atoms with Gasteiger partial charge in [-0.25, -0.2) is 14.4 Å². The third-order valence-electron chi connectivity index (χ3n) is 6.67. The van der Waals surface area contributed by atoms with Gasteiger partial charge in [-0.1, -0.05) is 0 Å². The second-order valence-corrected chi connectivity index (χ2v) is 15.9. The number of carbonyl (C=O) groups excluding carboxylic acids is 5. The lowest BCUT2D eigenvalue weighted by molar-refractivity contribution is 0.0943. The molecule has 44 heavy (non-hydrogen) atoms. The average Bonchev–Trinajstić information content (AvgIpc) is 3.77.